The van der Waals surface area contributed by atoms with Crippen LogP contribution < -0.4 is 9.47 Å². The molecular weight excluding hydrogens is 312 g/mol. The molecule has 0 bridgehead atoms. The number of carboxylic acid groups (broad SMARTS) is 2. The van der Waals surface area contributed by atoms with Crippen molar-refractivity contribution in [2.24, 2.45) is 0 Å². The highest BCUT2D eigenvalue weighted by Gasteiger charge is 2.07. The molecule has 0 fully saturated rings. The molecule has 0 unspecified atom stereocenters. The van der Waals surface area contributed by atoms with Crippen LogP contribution in [0.2, 0.25) is 0 Å². The van der Waals surface area contributed by atoms with Crippen LogP contribution in [0.4, 0.5) is 0 Å². The van der Waals surface area contributed by atoms with E-state index in [0.29, 0.717) is 17.1 Å². The van der Waals surface area contributed by atoms with Gasteiger partial charge in [-0.3, -0.25) is 0 Å². The Balaban J connectivity index is 2.08. The summed E-state index contributed by atoms with van der Waals surface area (Å²) in [6, 6.07) is 11.5. The second-order valence-electron chi connectivity index (χ2n) is 4.87. The molecule has 0 amide bonds. The fourth-order valence-electron chi connectivity index (χ4n) is 1.98. The molecule has 2 aromatic carbocycles. The molecule has 24 heavy (non-hydrogen) atoms. The van der Waals surface area contributed by atoms with Crippen LogP contribution in [0.1, 0.15) is 21.5 Å². The lowest BCUT2D eigenvalue weighted by atomic mass is 10.1. The molecule has 2 aromatic rings. The fourth-order valence-corrected chi connectivity index (χ4v) is 1.98. The maximum atomic E-state index is 10.8. The van der Waals surface area contributed by atoms with E-state index in [4.69, 9.17) is 19.7 Å². The van der Waals surface area contributed by atoms with Crippen molar-refractivity contribution in [1.82, 2.24) is 0 Å². The summed E-state index contributed by atoms with van der Waals surface area (Å²) in [5.41, 5.74) is 1.70. The van der Waals surface area contributed by atoms with Crippen LogP contribution >= 0.6 is 0 Å². The summed E-state index contributed by atoms with van der Waals surface area (Å²) in [6.45, 7) is 0.251. The molecule has 6 heteroatoms. The first kappa shape index (κ1) is 17.1. The van der Waals surface area contributed by atoms with Crippen molar-refractivity contribution in [3.63, 3.8) is 0 Å². The third-order valence-electron chi connectivity index (χ3n) is 3.20. The number of hydrogen-bond acceptors (Lipinski definition) is 4. The number of benzene rings is 2. The van der Waals surface area contributed by atoms with Crippen molar-refractivity contribution >= 4 is 18.0 Å². The number of hydrogen-bond donors (Lipinski definition) is 2. The molecule has 0 atom stereocenters. The van der Waals surface area contributed by atoms with Crippen molar-refractivity contribution in [2.75, 3.05) is 7.11 Å². The van der Waals surface area contributed by atoms with E-state index >= 15 is 0 Å². The number of carboxylic acids is 2. The second kappa shape index (κ2) is 7.82. The first-order valence-corrected chi connectivity index (χ1v) is 7.03. The minimum absolute atomic E-state index is 0.214. The van der Waals surface area contributed by atoms with Crippen LogP contribution in [0, 0.1) is 0 Å². The van der Waals surface area contributed by atoms with Gasteiger partial charge in [-0.25, -0.2) is 9.59 Å². The van der Waals surface area contributed by atoms with Gasteiger partial charge in [-0.2, -0.15) is 0 Å². The highest BCUT2D eigenvalue weighted by Crippen LogP contribution is 2.29. The second-order valence-corrected chi connectivity index (χ2v) is 4.87. The number of aromatic carboxylic acids is 1. The van der Waals surface area contributed by atoms with Crippen molar-refractivity contribution in [2.45, 2.75) is 6.61 Å². The minimum atomic E-state index is -1.03. The van der Waals surface area contributed by atoms with Crippen LogP contribution in [-0.2, 0) is 11.4 Å². The number of carbonyl (C=O) groups is 2. The predicted molar refractivity (Wildman–Crippen MR) is 87.4 cm³/mol. The van der Waals surface area contributed by atoms with Crippen molar-refractivity contribution in [3.8, 4) is 11.5 Å². The predicted octanol–water partition coefficient (Wildman–Crippen LogP) is 3.07. The Morgan fingerprint density at radius 1 is 1.04 bits per heavy atom. The molecule has 124 valence electrons. The summed E-state index contributed by atoms with van der Waals surface area (Å²) >= 11 is 0. The minimum Gasteiger partial charge on any atom is -0.493 e. The number of ether oxygens (including phenoxy) is 2. The molecule has 0 radical (unpaired) electrons. The lowest BCUT2D eigenvalue weighted by molar-refractivity contribution is -0.131. The lowest BCUT2D eigenvalue weighted by Gasteiger charge is -2.11. The van der Waals surface area contributed by atoms with E-state index in [2.05, 4.69) is 0 Å². The smallest absolute Gasteiger partial charge is 0.335 e. The maximum Gasteiger partial charge on any atom is 0.335 e. The fraction of sp³-hybridized carbons (Fsp3) is 0.111. The average molecular weight is 328 g/mol. The van der Waals surface area contributed by atoms with Crippen LogP contribution in [0.3, 0.4) is 0 Å². The highest BCUT2D eigenvalue weighted by molar-refractivity contribution is 5.87. The van der Waals surface area contributed by atoms with Crippen molar-refractivity contribution < 1.29 is 29.3 Å². The Morgan fingerprint density at radius 3 is 2.33 bits per heavy atom. The monoisotopic (exact) mass is 328 g/mol. The van der Waals surface area contributed by atoms with Crippen LogP contribution in [0.5, 0.6) is 11.5 Å². The van der Waals surface area contributed by atoms with Crippen molar-refractivity contribution in [3.05, 3.63) is 65.2 Å². The normalized spacial score (nSPS) is 10.5. The summed E-state index contributed by atoms with van der Waals surface area (Å²) in [5, 5.41) is 17.5. The van der Waals surface area contributed by atoms with Crippen LogP contribution in [-0.4, -0.2) is 29.3 Å². The van der Waals surface area contributed by atoms with Gasteiger partial charge in [0.25, 0.3) is 0 Å². The number of aliphatic carboxylic acids is 1. The molecule has 0 aliphatic carbocycles. The maximum absolute atomic E-state index is 10.8. The van der Waals surface area contributed by atoms with Gasteiger partial charge >= 0.3 is 11.9 Å². The molecule has 6 nitrogen and oxygen atoms in total. The molecule has 2 N–H and O–H groups in total. The Hall–Kier alpha value is -3.28. The molecule has 0 aliphatic rings. The standard InChI is InChI=1S/C18H16O6/c1-23-16-10-12(5-9-17(19)20)4-8-15(16)24-11-13-2-6-14(7-3-13)18(21)22/h2-10H,11H2,1H3,(H,19,20)(H,21,22)/b9-5+. The largest absolute Gasteiger partial charge is 0.493 e. The molecular formula is C18H16O6. The first-order valence-electron chi connectivity index (χ1n) is 7.03. The molecule has 2 rings (SSSR count). The zero-order valence-electron chi connectivity index (χ0n) is 12.9. The topological polar surface area (TPSA) is 93.1 Å². The van der Waals surface area contributed by atoms with Gasteiger partial charge in [0, 0.05) is 6.08 Å². The summed E-state index contributed by atoms with van der Waals surface area (Å²) in [6.07, 6.45) is 2.50. The lowest BCUT2D eigenvalue weighted by Crippen LogP contribution is -2.00. The summed E-state index contributed by atoms with van der Waals surface area (Å²) in [7, 11) is 1.49. The number of methoxy groups -OCH3 is 1. The van der Waals surface area contributed by atoms with E-state index in [1.165, 1.54) is 25.3 Å². The quantitative estimate of drug-likeness (QED) is 0.759. The summed E-state index contributed by atoms with van der Waals surface area (Å²) in [4.78, 5) is 21.4. The van der Waals surface area contributed by atoms with Crippen LogP contribution in [0.15, 0.2) is 48.5 Å². The van der Waals surface area contributed by atoms with Gasteiger partial charge in [0.2, 0.25) is 0 Å². The van der Waals surface area contributed by atoms with Gasteiger partial charge in [-0.1, -0.05) is 18.2 Å². The van der Waals surface area contributed by atoms with E-state index in [1.54, 1.807) is 30.3 Å². The summed E-state index contributed by atoms with van der Waals surface area (Å²) < 4.78 is 10.9. The van der Waals surface area contributed by atoms with Gasteiger partial charge in [-0.15, -0.1) is 0 Å². The molecule has 0 spiro atoms. The Bertz CT molecular complexity index is 762. The van der Waals surface area contributed by atoms with Gasteiger partial charge in [0.1, 0.15) is 6.61 Å². The SMILES string of the molecule is COc1cc(/C=C/C(=O)O)ccc1OCc1ccc(C(=O)O)cc1. The zero-order chi connectivity index (χ0) is 17.5. The van der Waals surface area contributed by atoms with Gasteiger partial charge in [-0.05, 0) is 41.5 Å². The van der Waals surface area contributed by atoms with Crippen LogP contribution in [0.25, 0.3) is 6.08 Å². The zero-order valence-corrected chi connectivity index (χ0v) is 12.9. The molecule has 0 saturated heterocycles. The molecule has 0 saturated carbocycles. The van der Waals surface area contributed by atoms with E-state index in [0.717, 1.165) is 11.6 Å². The Morgan fingerprint density at radius 2 is 1.75 bits per heavy atom. The highest BCUT2D eigenvalue weighted by atomic mass is 16.5. The average Bonchev–Trinajstić information content (AvgIpc) is 2.58. The first-order chi connectivity index (χ1) is 11.5. The Labute approximate surface area is 138 Å². The van der Waals surface area contributed by atoms with Gasteiger partial charge in [0.05, 0.1) is 12.7 Å². The third-order valence-corrected chi connectivity index (χ3v) is 3.20. The van der Waals surface area contributed by atoms with Gasteiger partial charge < -0.3 is 19.7 Å². The molecule has 0 aliphatic heterocycles. The van der Waals surface area contributed by atoms with Crippen molar-refractivity contribution in [1.29, 1.82) is 0 Å². The summed E-state index contributed by atoms with van der Waals surface area (Å²) in [5.74, 6) is -1.02. The number of rotatable bonds is 7. The third kappa shape index (κ3) is 4.61. The van der Waals surface area contributed by atoms with E-state index in [-0.39, 0.29) is 12.2 Å². The van der Waals surface area contributed by atoms with E-state index in [1.807, 2.05) is 0 Å². The van der Waals surface area contributed by atoms with E-state index < -0.39 is 11.9 Å². The van der Waals surface area contributed by atoms with Gasteiger partial charge in [0.15, 0.2) is 11.5 Å². The van der Waals surface area contributed by atoms with E-state index in [9.17, 15) is 9.59 Å². The molecule has 0 aromatic heterocycles. The molecule has 0 heterocycles. The Kier molecular flexibility index (Phi) is 5.57.